The number of likely N-dealkylation sites (N-methyl/N-ethyl adjacent to an activating group) is 1. The smallest absolute Gasteiger partial charge is 0.341 e. The first-order chi connectivity index (χ1) is 11.8. The Balaban J connectivity index is 1.74. The maximum atomic E-state index is 12.3. The van der Waals surface area contributed by atoms with Gasteiger partial charge >= 0.3 is 6.18 Å². The molecule has 1 aliphatic rings. The predicted molar refractivity (Wildman–Crippen MR) is 92.3 cm³/mol. The van der Waals surface area contributed by atoms with Crippen molar-refractivity contribution in [1.29, 1.82) is 0 Å². The third-order valence-electron chi connectivity index (χ3n) is 4.83. The van der Waals surface area contributed by atoms with Gasteiger partial charge in [0, 0.05) is 26.1 Å². The topological polar surface area (TPSA) is 23.6 Å². The average Bonchev–Trinajstić information content (AvgIpc) is 2.59. The van der Waals surface area contributed by atoms with E-state index < -0.39 is 24.9 Å². The second kappa shape index (κ2) is 9.22. The minimum atomic E-state index is -4.27. The van der Waals surface area contributed by atoms with Crippen molar-refractivity contribution >= 4 is 5.91 Å². The summed E-state index contributed by atoms with van der Waals surface area (Å²) in [6.45, 7) is 2.70. The van der Waals surface area contributed by atoms with Crippen molar-refractivity contribution in [1.82, 2.24) is 9.80 Å². The second-order valence-electron chi connectivity index (χ2n) is 6.81. The van der Waals surface area contributed by atoms with Gasteiger partial charge in [-0.1, -0.05) is 30.3 Å². The van der Waals surface area contributed by atoms with Crippen LogP contribution in [0, 0.1) is 0 Å². The third-order valence-corrected chi connectivity index (χ3v) is 4.83. The Hall–Kier alpha value is -1.56. The normalized spacial score (nSPS) is 19.0. The van der Waals surface area contributed by atoms with E-state index in [1.54, 1.807) is 7.05 Å². The Morgan fingerprint density at radius 3 is 2.68 bits per heavy atom. The number of hydrogen-bond acceptors (Lipinski definition) is 2. The average molecular weight is 356 g/mol. The molecular formula is C19H27F3N2O. The van der Waals surface area contributed by atoms with Gasteiger partial charge in [0.15, 0.2) is 0 Å². The van der Waals surface area contributed by atoms with E-state index in [-0.39, 0.29) is 6.04 Å². The van der Waals surface area contributed by atoms with Crippen molar-refractivity contribution < 1.29 is 18.0 Å². The van der Waals surface area contributed by atoms with Gasteiger partial charge in [-0.25, -0.2) is 0 Å². The summed E-state index contributed by atoms with van der Waals surface area (Å²) in [7, 11) is 1.64. The lowest BCUT2D eigenvalue weighted by Crippen LogP contribution is -2.48. The van der Waals surface area contributed by atoms with E-state index in [4.69, 9.17) is 0 Å². The molecule has 1 aromatic carbocycles. The molecule has 0 saturated carbocycles. The lowest BCUT2D eigenvalue weighted by Gasteiger charge is -2.37. The number of amides is 1. The summed E-state index contributed by atoms with van der Waals surface area (Å²) >= 11 is 0. The highest BCUT2D eigenvalue weighted by molar-refractivity contribution is 5.76. The van der Waals surface area contributed by atoms with E-state index in [0.29, 0.717) is 0 Å². The van der Waals surface area contributed by atoms with Crippen molar-refractivity contribution in [2.45, 2.75) is 50.7 Å². The molecule has 140 valence electrons. The lowest BCUT2D eigenvalue weighted by atomic mass is 10.0. The SMILES string of the molecule is CN(C(=O)CCC(F)(F)F)C1CCCN(CCCc2ccccc2)C1. The maximum Gasteiger partial charge on any atom is 0.389 e. The summed E-state index contributed by atoms with van der Waals surface area (Å²) in [5, 5.41) is 0. The zero-order valence-corrected chi connectivity index (χ0v) is 14.8. The van der Waals surface area contributed by atoms with Gasteiger partial charge in [-0.15, -0.1) is 0 Å². The summed E-state index contributed by atoms with van der Waals surface area (Å²) in [6, 6.07) is 10.3. The van der Waals surface area contributed by atoms with Gasteiger partial charge in [-0.3, -0.25) is 4.79 Å². The van der Waals surface area contributed by atoms with Gasteiger partial charge < -0.3 is 9.80 Å². The van der Waals surface area contributed by atoms with E-state index in [1.165, 1.54) is 10.5 Å². The molecule has 0 aromatic heterocycles. The van der Waals surface area contributed by atoms with Gasteiger partial charge in [0.1, 0.15) is 0 Å². The number of hydrogen-bond donors (Lipinski definition) is 0. The van der Waals surface area contributed by atoms with Crippen LogP contribution in [0.4, 0.5) is 13.2 Å². The van der Waals surface area contributed by atoms with E-state index in [2.05, 4.69) is 17.0 Å². The van der Waals surface area contributed by atoms with Gasteiger partial charge in [0.2, 0.25) is 5.91 Å². The molecule has 0 aliphatic carbocycles. The molecule has 0 spiro atoms. The molecule has 1 aliphatic heterocycles. The highest BCUT2D eigenvalue weighted by atomic mass is 19.4. The Kier molecular flexibility index (Phi) is 7.29. The molecule has 1 fully saturated rings. The van der Waals surface area contributed by atoms with Crippen molar-refractivity contribution in [2.24, 2.45) is 0 Å². The molecule has 1 saturated heterocycles. The van der Waals surface area contributed by atoms with Crippen LogP contribution in [-0.2, 0) is 11.2 Å². The van der Waals surface area contributed by atoms with Crippen LogP contribution in [0.3, 0.4) is 0 Å². The van der Waals surface area contributed by atoms with Gasteiger partial charge in [-0.05, 0) is 44.3 Å². The number of halogens is 3. The Morgan fingerprint density at radius 1 is 1.28 bits per heavy atom. The highest BCUT2D eigenvalue weighted by Gasteiger charge is 2.31. The quantitative estimate of drug-likeness (QED) is 0.740. The van der Waals surface area contributed by atoms with Crippen LogP contribution in [0.25, 0.3) is 0 Å². The number of rotatable bonds is 7. The maximum absolute atomic E-state index is 12.3. The van der Waals surface area contributed by atoms with E-state index in [1.807, 2.05) is 18.2 Å². The first-order valence-electron chi connectivity index (χ1n) is 8.94. The van der Waals surface area contributed by atoms with Crippen molar-refractivity contribution in [3.05, 3.63) is 35.9 Å². The van der Waals surface area contributed by atoms with Crippen LogP contribution in [0.15, 0.2) is 30.3 Å². The predicted octanol–water partition coefficient (Wildman–Crippen LogP) is 3.88. The Labute approximate surface area is 147 Å². The second-order valence-corrected chi connectivity index (χ2v) is 6.81. The number of carbonyl (C=O) groups is 1. The zero-order valence-electron chi connectivity index (χ0n) is 14.8. The molecular weight excluding hydrogens is 329 g/mol. The molecule has 0 radical (unpaired) electrons. The Morgan fingerprint density at radius 2 is 2.00 bits per heavy atom. The largest absolute Gasteiger partial charge is 0.389 e. The van der Waals surface area contributed by atoms with E-state index in [9.17, 15) is 18.0 Å². The summed E-state index contributed by atoms with van der Waals surface area (Å²) in [5.41, 5.74) is 1.32. The monoisotopic (exact) mass is 356 g/mol. The molecule has 6 heteroatoms. The van der Waals surface area contributed by atoms with Gasteiger partial charge in [0.25, 0.3) is 0 Å². The third kappa shape index (κ3) is 7.06. The van der Waals surface area contributed by atoms with Gasteiger partial charge in [0.05, 0.1) is 6.42 Å². The zero-order chi connectivity index (χ0) is 18.3. The molecule has 1 unspecified atom stereocenters. The summed E-state index contributed by atoms with van der Waals surface area (Å²) in [5.74, 6) is -0.409. The van der Waals surface area contributed by atoms with Gasteiger partial charge in [-0.2, -0.15) is 13.2 Å². The molecule has 3 nitrogen and oxygen atoms in total. The summed E-state index contributed by atoms with van der Waals surface area (Å²) < 4.78 is 36.9. The number of nitrogens with zero attached hydrogens (tertiary/aromatic N) is 2. The van der Waals surface area contributed by atoms with Crippen LogP contribution >= 0.6 is 0 Å². The molecule has 1 atom stereocenters. The first-order valence-corrected chi connectivity index (χ1v) is 8.94. The first kappa shape index (κ1) is 19.8. The van der Waals surface area contributed by atoms with Crippen molar-refractivity contribution in [3.8, 4) is 0 Å². The van der Waals surface area contributed by atoms with Crippen molar-refractivity contribution in [3.63, 3.8) is 0 Å². The summed E-state index contributed by atoms with van der Waals surface area (Å²) in [4.78, 5) is 15.8. The van der Waals surface area contributed by atoms with Crippen LogP contribution in [0.2, 0.25) is 0 Å². The lowest BCUT2D eigenvalue weighted by molar-refractivity contribution is -0.150. The number of benzene rings is 1. The van der Waals surface area contributed by atoms with Crippen LogP contribution < -0.4 is 0 Å². The number of piperidine rings is 1. The van der Waals surface area contributed by atoms with E-state index >= 15 is 0 Å². The fourth-order valence-electron chi connectivity index (χ4n) is 3.33. The molecule has 0 bridgehead atoms. The van der Waals surface area contributed by atoms with Crippen LogP contribution in [0.5, 0.6) is 0 Å². The van der Waals surface area contributed by atoms with Crippen molar-refractivity contribution in [2.75, 3.05) is 26.7 Å². The minimum absolute atomic E-state index is 0.0196. The Bertz CT molecular complexity index is 533. The minimum Gasteiger partial charge on any atom is -0.341 e. The molecule has 1 heterocycles. The number of aryl methyl sites for hydroxylation is 1. The number of likely N-dealkylation sites (tertiary alicyclic amines) is 1. The van der Waals surface area contributed by atoms with E-state index in [0.717, 1.165) is 45.3 Å². The molecule has 1 amide bonds. The number of alkyl halides is 3. The standard InChI is InChI=1S/C19H27F3N2O/c1-23(18(25)11-12-19(20,21)22)17-10-6-14-24(15-17)13-5-9-16-7-3-2-4-8-16/h2-4,7-8,17H,5-6,9-15H2,1H3. The number of carbonyl (C=O) groups excluding carboxylic acids is 1. The van der Waals surface area contributed by atoms with Crippen LogP contribution in [-0.4, -0.2) is 54.6 Å². The molecule has 2 rings (SSSR count). The molecule has 25 heavy (non-hydrogen) atoms. The fraction of sp³-hybridized carbons (Fsp3) is 0.632. The molecule has 1 aromatic rings. The molecule has 0 N–H and O–H groups in total. The summed E-state index contributed by atoms with van der Waals surface area (Å²) in [6.07, 6.45) is -1.86. The van der Waals surface area contributed by atoms with Crippen LogP contribution in [0.1, 0.15) is 37.7 Å². The fourth-order valence-corrected chi connectivity index (χ4v) is 3.33. The highest BCUT2D eigenvalue weighted by Crippen LogP contribution is 2.23.